The number of nitrogens with zero attached hydrogens (tertiary/aromatic N) is 4. The standard InChI is InChI=1S/C25H23FN6O2/c26-21-7-1-4-18(12-21)8-11-30-24(33)23(20-6-3-10-28-14-20)32(16-19-5-2-9-27-13-19)25(34)22-15-29-17-31-22/h1-7,9-10,12-15,17,23H,8,11,16H2,(H,29,31)(H,30,33). The fourth-order valence-corrected chi connectivity index (χ4v) is 3.63. The maximum absolute atomic E-state index is 13.5. The number of imidazole rings is 1. The van der Waals surface area contributed by atoms with Crippen LogP contribution in [0.25, 0.3) is 0 Å². The van der Waals surface area contributed by atoms with Gasteiger partial charge in [0, 0.05) is 43.4 Å². The molecule has 0 saturated carbocycles. The van der Waals surface area contributed by atoms with E-state index in [-0.39, 0.29) is 30.5 Å². The van der Waals surface area contributed by atoms with Crippen molar-refractivity contribution in [3.63, 3.8) is 0 Å². The van der Waals surface area contributed by atoms with Crippen molar-refractivity contribution in [1.82, 2.24) is 30.2 Å². The third kappa shape index (κ3) is 5.69. The molecule has 0 aliphatic carbocycles. The van der Waals surface area contributed by atoms with Gasteiger partial charge in [-0.25, -0.2) is 9.37 Å². The Hall–Kier alpha value is -4.40. The lowest BCUT2D eigenvalue weighted by molar-refractivity contribution is -0.126. The molecule has 0 aliphatic heterocycles. The molecule has 3 aromatic heterocycles. The first-order valence-electron chi connectivity index (χ1n) is 10.7. The Morgan fingerprint density at radius 2 is 1.76 bits per heavy atom. The van der Waals surface area contributed by atoms with Gasteiger partial charge in [0.25, 0.3) is 5.91 Å². The fraction of sp³-hybridized carbons (Fsp3) is 0.160. The summed E-state index contributed by atoms with van der Waals surface area (Å²) in [5.74, 6) is -1.10. The molecule has 1 atom stereocenters. The van der Waals surface area contributed by atoms with Crippen molar-refractivity contribution in [2.24, 2.45) is 0 Å². The van der Waals surface area contributed by atoms with Gasteiger partial charge in [-0.2, -0.15) is 0 Å². The largest absolute Gasteiger partial charge is 0.354 e. The molecule has 0 spiro atoms. The maximum atomic E-state index is 13.5. The number of aromatic amines is 1. The van der Waals surface area contributed by atoms with Crippen LogP contribution in [0.3, 0.4) is 0 Å². The second kappa shape index (κ2) is 11.0. The van der Waals surface area contributed by atoms with Gasteiger partial charge in [-0.15, -0.1) is 0 Å². The third-order valence-electron chi connectivity index (χ3n) is 5.23. The summed E-state index contributed by atoms with van der Waals surface area (Å²) in [6, 6.07) is 12.3. The van der Waals surface area contributed by atoms with Crippen LogP contribution in [0.15, 0.2) is 85.8 Å². The lowest BCUT2D eigenvalue weighted by Gasteiger charge is -2.31. The lowest BCUT2D eigenvalue weighted by Crippen LogP contribution is -2.44. The van der Waals surface area contributed by atoms with Gasteiger partial charge in [0.05, 0.1) is 12.5 Å². The molecule has 1 aromatic carbocycles. The normalized spacial score (nSPS) is 11.6. The summed E-state index contributed by atoms with van der Waals surface area (Å²) in [7, 11) is 0. The van der Waals surface area contributed by atoms with Crippen LogP contribution in [-0.2, 0) is 17.8 Å². The number of aromatic nitrogens is 4. The molecule has 4 aromatic rings. The predicted octanol–water partition coefficient (Wildman–Crippen LogP) is 3.08. The van der Waals surface area contributed by atoms with Gasteiger partial charge in [-0.3, -0.25) is 19.6 Å². The van der Waals surface area contributed by atoms with E-state index in [1.807, 2.05) is 6.07 Å². The Morgan fingerprint density at radius 3 is 2.44 bits per heavy atom. The van der Waals surface area contributed by atoms with Gasteiger partial charge in [0.15, 0.2) is 0 Å². The molecule has 172 valence electrons. The van der Waals surface area contributed by atoms with Crippen molar-refractivity contribution in [2.75, 3.05) is 6.54 Å². The lowest BCUT2D eigenvalue weighted by atomic mass is 10.0. The fourth-order valence-electron chi connectivity index (χ4n) is 3.63. The highest BCUT2D eigenvalue weighted by Gasteiger charge is 2.33. The quantitative estimate of drug-likeness (QED) is 0.401. The number of carbonyl (C=O) groups is 2. The molecule has 2 amide bonds. The van der Waals surface area contributed by atoms with Crippen molar-refractivity contribution in [3.8, 4) is 0 Å². The van der Waals surface area contributed by atoms with Crippen molar-refractivity contribution in [1.29, 1.82) is 0 Å². The maximum Gasteiger partial charge on any atom is 0.273 e. The molecule has 0 bridgehead atoms. The van der Waals surface area contributed by atoms with Crippen LogP contribution in [-0.4, -0.2) is 43.2 Å². The van der Waals surface area contributed by atoms with Gasteiger partial charge in [0.1, 0.15) is 17.6 Å². The summed E-state index contributed by atoms with van der Waals surface area (Å²) in [6.45, 7) is 0.417. The summed E-state index contributed by atoms with van der Waals surface area (Å²) in [6.07, 6.45) is 9.73. The van der Waals surface area contributed by atoms with Crippen molar-refractivity contribution in [3.05, 3.63) is 114 Å². The minimum atomic E-state index is -0.961. The van der Waals surface area contributed by atoms with Crippen LogP contribution in [0.4, 0.5) is 4.39 Å². The smallest absolute Gasteiger partial charge is 0.273 e. The van der Waals surface area contributed by atoms with E-state index >= 15 is 0 Å². The number of nitrogens with one attached hydrogen (secondary N) is 2. The van der Waals surface area contributed by atoms with E-state index in [2.05, 4.69) is 25.3 Å². The van der Waals surface area contributed by atoms with Gasteiger partial charge in [-0.05, 0) is 41.8 Å². The molecule has 34 heavy (non-hydrogen) atoms. The number of benzene rings is 1. The molecule has 8 nitrogen and oxygen atoms in total. The van der Waals surface area contributed by atoms with Gasteiger partial charge >= 0.3 is 0 Å². The number of halogens is 1. The minimum absolute atomic E-state index is 0.141. The molecule has 1 unspecified atom stereocenters. The van der Waals surface area contributed by atoms with E-state index in [4.69, 9.17) is 0 Å². The zero-order valence-electron chi connectivity index (χ0n) is 18.3. The molecule has 0 fully saturated rings. The number of carbonyl (C=O) groups excluding carboxylic acids is 2. The van der Waals surface area contributed by atoms with Gasteiger partial charge in [0.2, 0.25) is 5.91 Å². The van der Waals surface area contributed by atoms with Crippen molar-refractivity contribution < 1.29 is 14.0 Å². The summed E-state index contributed by atoms with van der Waals surface area (Å²) < 4.78 is 13.5. The second-order valence-electron chi connectivity index (χ2n) is 7.62. The van der Waals surface area contributed by atoms with Crippen molar-refractivity contribution >= 4 is 11.8 Å². The Balaban J connectivity index is 1.61. The average Bonchev–Trinajstić information content (AvgIpc) is 3.40. The van der Waals surface area contributed by atoms with E-state index in [0.29, 0.717) is 12.0 Å². The van der Waals surface area contributed by atoms with Crippen LogP contribution in [0, 0.1) is 5.82 Å². The molecule has 0 aliphatic rings. The molecular weight excluding hydrogens is 435 g/mol. The summed E-state index contributed by atoms with van der Waals surface area (Å²) in [5.41, 5.74) is 2.34. The van der Waals surface area contributed by atoms with Crippen molar-refractivity contribution in [2.45, 2.75) is 19.0 Å². The summed E-state index contributed by atoms with van der Waals surface area (Å²) in [4.78, 5) is 43.4. The van der Waals surface area contributed by atoms with Gasteiger partial charge < -0.3 is 15.2 Å². The molecule has 3 heterocycles. The van der Waals surface area contributed by atoms with Crippen LogP contribution in [0.2, 0.25) is 0 Å². The Morgan fingerprint density at radius 1 is 0.971 bits per heavy atom. The van der Waals surface area contributed by atoms with E-state index in [0.717, 1.165) is 11.1 Å². The zero-order valence-corrected chi connectivity index (χ0v) is 18.3. The minimum Gasteiger partial charge on any atom is -0.354 e. The number of pyridine rings is 2. The number of hydrogen-bond donors (Lipinski definition) is 2. The highest BCUT2D eigenvalue weighted by molar-refractivity contribution is 5.96. The average molecular weight is 458 g/mol. The third-order valence-corrected chi connectivity index (χ3v) is 5.23. The monoisotopic (exact) mass is 458 g/mol. The first-order chi connectivity index (χ1) is 16.6. The van der Waals surface area contributed by atoms with Crippen LogP contribution < -0.4 is 5.32 Å². The van der Waals surface area contributed by atoms with E-state index in [1.165, 1.54) is 29.6 Å². The highest BCUT2D eigenvalue weighted by Crippen LogP contribution is 2.25. The zero-order chi connectivity index (χ0) is 23.8. The molecule has 9 heteroatoms. The first-order valence-corrected chi connectivity index (χ1v) is 10.7. The molecule has 0 radical (unpaired) electrons. The van der Waals surface area contributed by atoms with Crippen LogP contribution in [0.1, 0.15) is 33.2 Å². The Bertz CT molecular complexity index is 1220. The molecule has 2 N–H and O–H groups in total. The van der Waals surface area contributed by atoms with Gasteiger partial charge in [-0.1, -0.05) is 24.3 Å². The SMILES string of the molecule is O=C(NCCc1cccc(F)c1)C(c1cccnc1)N(Cc1cccnc1)C(=O)c1cnc[nH]1. The Labute approximate surface area is 195 Å². The number of amides is 2. The van der Waals surface area contributed by atoms with Crippen LogP contribution >= 0.6 is 0 Å². The molecular formula is C25H23FN6O2. The van der Waals surface area contributed by atoms with E-state index in [9.17, 15) is 14.0 Å². The summed E-state index contributed by atoms with van der Waals surface area (Å²) in [5, 5.41) is 2.89. The number of H-pyrrole nitrogens is 1. The highest BCUT2D eigenvalue weighted by atomic mass is 19.1. The first kappa shape index (κ1) is 22.8. The molecule has 4 rings (SSSR count). The molecule has 0 saturated heterocycles. The second-order valence-corrected chi connectivity index (χ2v) is 7.62. The predicted molar refractivity (Wildman–Crippen MR) is 123 cm³/mol. The number of rotatable bonds is 9. The van der Waals surface area contributed by atoms with E-state index in [1.54, 1.807) is 55.1 Å². The summed E-state index contributed by atoms with van der Waals surface area (Å²) >= 11 is 0. The number of hydrogen-bond acceptors (Lipinski definition) is 5. The van der Waals surface area contributed by atoms with E-state index < -0.39 is 11.9 Å². The topological polar surface area (TPSA) is 104 Å². The van der Waals surface area contributed by atoms with Crippen LogP contribution in [0.5, 0.6) is 0 Å². The Kier molecular flexibility index (Phi) is 7.34.